The topological polar surface area (TPSA) is 26.3 Å². The molecule has 0 spiro atoms. The first-order chi connectivity index (χ1) is 11.5. The molecule has 1 unspecified atom stereocenters. The Bertz CT molecular complexity index is 560. The number of ether oxygens (including phenoxy) is 1. The Morgan fingerprint density at radius 1 is 0.593 bits per heavy atom. The molecule has 0 aliphatic rings. The zero-order valence-corrected chi connectivity index (χ0v) is 12.2. The van der Waals surface area contributed by atoms with Crippen LogP contribution in [0.2, 0.25) is 0 Å². The van der Waals surface area contributed by atoms with Crippen LogP contribution in [0.15, 0.2) is 0 Å². The van der Waals surface area contributed by atoms with Crippen molar-refractivity contribution in [2.75, 3.05) is 6.61 Å². The van der Waals surface area contributed by atoms with Gasteiger partial charge in [0.25, 0.3) is 0 Å². The molecule has 0 radical (unpaired) electrons. The van der Waals surface area contributed by atoms with Gasteiger partial charge < -0.3 is 4.74 Å². The fourth-order valence-corrected chi connectivity index (χ4v) is 1.44. The Kier molecular flexibility index (Phi) is 6.11. The fraction of sp³-hybridized carbons (Fsp3) is 0.900. The first kappa shape index (κ1) is 25.4. The Morgan fingerprint density at radius 2 is 0.926 bits per heavy atom. The average Bonchev–Trinajstić information content (AvgIpc) is 2.43. The molecule has 0 N–H and O–H groups in total. The van der Waals surface area contributed by atoms with E-state index in [0.717, 1.165) is 0 Å². The maximum Gasteiger partial charge on any atom is 0.460 e. The lowest BCUT2D eigenvalue weighted by atomic mass is 9.86. The zero-order valence-electron chi connectivity index (χ0n) is 12.2. The van der Waals surface area contributed by atoms with Gasteiger partial charge in [-0.3, -0.25) is 0 Å². The van der Waals surface area contributed by atoms with Crippen LogP contribution < -0.4 is 0 Å². The molecule has 17 heteroatoms. The van der Waals surface area contributed by atoms with Gasteiger partial charge >= 0.3 is 47.7 Å². The summed E-state index contributed by atoms with van der Waals surface area (Å²) in [4.78, 5) is 10.8. The van der Waals surface area contributed by atoms with E-state index in [-0.39, 0.29) is 0 Å². The maximum atomic E-state index is 13.7. The number of alkyl halides is 15. The van der Waals surface area contributed by atoms with E-state index in [1.807, 2.05) is 0 Å². The first-order valence-corrected chi connectivity index (χ1v) is 5.99. The van der Waals surface area contributed by atoms with Crippen molar-refractivity contribution in [3.05, 3.63) is 0 Å². The molecule has 27 heavy (non-hydrogen) atoms. The van der Waals surface area contributed by atoms with Crippen LogP contribution in [-0.2, 0) is 9.53 Å². The van der Waals surface area contributed by atoms with E-state index in [1.165, 1.54) is 0 Å². The highest BCUT2D eigenvalue weighted by Gasteiger charge is 2.94. The van der Waals surface area contributed by atoms with Crippen LogP contribution in [0.4, 0.5) is 65.9 Å². The number of esters is 1. The van der Waals surface area contributed by atoms with Crippen molar-refractivity contribution in [1.82, 2.24) is 0 Å². The van der Waals surface area contributed by atoms with E-state index < -0.39 is 54.3 Å². The summed E-state index contributed by atoms with van der Waals surface area (Å²) < 4.78 is 194. The standard InChI is InChI=1S/C10H5F15O2/c1-2-27-3(26)4(11,9(20,21)22)5(12,13)6(14,15)7(16,17)8(18,19)10(23,24)25/h2H2,1H3. The third kappa shape index (κ3) is 3.25. The predicted octanol–water partition coefficient (Wildman–Crippen LogP) is 4.92. The molecule has 0 saturated heterocycles. The van der Waals surface area contributed by atoms with Crippen molar-refractivity contribution in [3.63, 3.8) is 0 Å². The minimum atomic E-state index is -8.38. The van der Waals surface area contributed by atoms with Crippen LogP contribution >= 0.6 is 0 Å². The molecule has 0 aromatic carbocycles. The Hall–Kier alpha value is -1.58. The third-order valence-corrected chi connectivity index (χ3v) is 2.92. The van der Waals surface area contributed by atoms with Gasteiger partial charge in [-0.05, 0) is 6.92 Å². The number of rotatable bonds is 6. The van der Waals surface area contributed by atoms with Crippen LogP contribution in [0, 0.1) is 0 Å². The van der Waals surface area contributed by atoms with Gasteiger partial charge in [0, 0.05) is 0 Å². The molecular weight excluding hydrogens is 437 g/mol. The van der Waals surface area contributed by atoms with Crippen LogP contribution in [0.25, 0.3) is 0 Å². The molecule has 0 aromatic rings. The Balaban J connectivity index is 6.79. The number of halogens is 15. The summed E-state index contributed by atoms with van der Waals surface area (Å²) in [6, 6.07) is 0. The largest absolute Gasteiger partial charge is 0.463 e. The van der Waals surface area contributed by atoms with E-state index in [2.05, 4.69) is 4.74 Å². The molecule has 1 atom stereocenters. The Morgan fingerprint density at radius 3 is 1.19 bits per heavy atom. The Labute approximate surface area is 138 Å². The number of hydrogen-bond donors (Lipinski definition) is 0. The lowest BCUT2D eigenvalue weighted by Gasteiger charge is -2.41. The summed E-state index contributed by atoms with van der Waals surface area (Å²) in [6.45, 7) is -0.908. The van der Waals surface area contributed by atoms with E-state index in [0.29, 0.717) is 6.92 Å². The summed E-state index contributed by atoms with van der Waals surface area (Å²) in [5.41, 5.74) is -7.40. The van der Waals surface area contributed by atoms with Crippen LogP contribution in [0.3, 0.4) is 0 Å². The SMILES string of the molecule is CCOC(=O)C(F)(C(F)(F)F)C(F)(F)C(F)(F)C(F)(F)C(F)(F)C(F)(F)F. The van der Waals surface area contributed by atoms with E-state index >= 15 is 0 Å². The van der Waals surface area contributed by atoms with Crippen molar-refractivity contribution in [1.29, 1.82) is 0 Å². The molecule has 0 aliphatic carbocycles. The minimum Gasteiger partial charge on any atom is -0.463 e. The van der Waals surface area contributed by atoms with Crippen molar-refractivity contribution in [2.24, 2.45) is 0 Å². The van der Waals surface area contributed by atoms with Crippen molar-refractivity contribution >= 4 is 5.97 Å². The average molecular weight is 442 g/mol. The number of carbonyl (C=O) groups excluding carboxylic acids is 1. The highest BCUT2D eigenvalue weighted by atomic mass is 19.4. The van der Waals surface area contributed by atoms with Crippen LogP contribution in [0.1, 0.15) is 6.92 Å². The zero-order chi connectivity index (χ0) is 22.5. The summed E-state index contributed by atoms with van der Waals surface area (Å²) in [7, 11) is 0. The van der Waals surface area contributed by atoms with Gasteiger partial charge in [0.05, 0.1) is 6.61 Å². The van der Waals surface area contributed by atoms with Crippen LogP contribution in [-0.4, -0.2) is 54.3 Å². The molecule has 0 aliphatic heterocycles. The van der Waals surface area contributed by atoms with Gasteiger partial charge in [0.15, 0.2) is 0 Å². The second-order valence-corrected chi connectivity index (χ2v) is 4.67. The monoisotopic (exact) mass is 442 g/mol. The molecular formula is C10H5F15O2. The van der Waals surface area contributed by atoms with Gasteiger partial charge in [0.2, 0.25) is 0 Å². The van der Waals surface area contributed by atoms with Crippen molar-refractivity contribution in [2.45, 2.75) is 48.6 Å². The normalized spacial score (nSPS) is 17.5. The van der Waals surface area contributed by atoms with E-state index in [1.54, 1.807) is 0 Å². The van der Waals surface area contributed by atoms with Gasteiger partial charge in [0.1, 0.15) is 0 Å². The predicted molar refractivity (Wildman–Crippen MR) is 52.4 cm³/mol. The molecule has 0 heterocycles. The summed E-state index contributed by atoms with van der Waals surface area (Å²) >= 11 is 0. The lowest BCUT2D eigenvalue weighted by molar-refractivity contribution is -0.442. The molecule has 0 rings (SSSR count). The number of carbonyl (C=O) groups is 1. The smallest absolute Gasteiger partial charge is 0.460 e. The highest BCUT2D eigenvalue weighted by molar-refractivity contribution is 5.82. The molecule has 0 fully saturated rings. The quantitative estimate of drug-likeness (QED) is 0.431. The highest BCUT2D eigenvalue weighted by Crippen LogP contribution is 2.62. The summed E-state index contributed by atoms with van der Waals surface area (Å²) in [6.07, 6.45) is -15.2. The fourth-order valence-electron chi connectivity index (χ4n) is 1.44. The van der Waals surface area contributed by atoms with Gasteiger partial charge in [-0.15, -0.1) is 0 Å². The number of hydrogen-bond acceptors (Lipinski definition) is 2. The van der Waals surface area contributed by atoms with E-state index in [9.17, 15) is 70.7 Å². The van der Waals surface area contributed by atoms with Crippen molar-refractivity contribution < 1.29 is 75.4 Å². The first-order valence-electron chi connectivity index (χ1n) is 5.99. The molecule has 2 nitrogen and oxygen atoms in total. The second-order valence-electron chi connectivity index (χ2n) is 4.67. The molecule has 0 amide bonds. The van der Waals surface area contributed by atoms with Crippen LogP contribution in [0.5, 0.6) is 0 Å². The van der Waals surface area contributed by atoms with Gasteiger partial charge in [-0.1, -0.05) is 0 Å². The van der Waals surface area contributed by atoms with Gasteiger partial charge in [-0.2, -0.15) is 61.5 Å². The third-order valence-electron chi connectivity index (χ3n) is 2.92. The van der Waals surface area contributed by atoms with Gasteiger partial charge in [-0.25, -0.2) is 9.18 Å². The lowest BCUT2D eigenvalue weighted by Crippen LogP contribution is -2.75. The molecule has 0 bridgehead atoms. The second kappa shape index (κ2) is 6.49. The maximum absolute atomic E-state index is 13.7. The van der Waals surface area contributed by atoms with Crippen molar-refractivity contribution in [3.8, 4) is 0 Å². The summed E-state index contributed by atoms with van der Waals surface area (Å²) in [5.74, 6) is -36.9. The molecule has 0 aromatic heterocycles. The summed E-state index contributed by atoms with van der Waals surface area (Å²) in [5, 5.41) is 0. The molecule has 162 valence electrons. The minimum absolute atomic E-state index is 0.511. The van der Waals surface area contributed by atoms with E-state index in [4.69, 9.17) is 0 Å². The molecule has 0 saturated carbocycles.